The highest BCUT2D eigenvalue weighted by Crippen LogP contribution is 2.53. The SMILES string of the molecule is Cc1ccc2c(c1)c1ccccc1n2-c1c(C#N)c(-n2c3ccccc3c3cc(C)ccc32)c(-n2c3ccccc3c3cc(C)ccc32)c(-c2ccc3c(c2)-c2ccccc2[Si]32c3ccccc3-c3ccncc32)c1-n1c2ccccc2c2cc(C)ccc21. The molecule has 0 saturated heterocycles. The van der Waals surface area contributed by atoms with Gasteiger partial charge < -0.3 is 18.3 Å². The predicted molar refractivity (Wildman–Crippen MR) is 372 cm³/mol. The van der Waals surface area contributed by atoms with Crippen molar-refractivity contribution in [2.75, 3.05) is 0 Å². The number of aryl methyl sites for hydroxylation is 4. The Balaban J connectivity index is 1.12. The molecule has 1 atom stereocenters. The topological polar surface area (TPSA) is 56.4 Å². The van der Waals surface area contributed by atoms with E-state index in [1.807, 2.05) is 6.20 Å². The molecule has 0 radical (unpaired) electrons. The minimum absolute atomic E-state index is 0.547. The van der Waals surface area contributed by atoms with E-state index in [2.05, 4.69) is 301 Å². The van der Waals surface area contributed by atoms with Crippen LogP contribution in [-0.4, -0.2) is 31.3 Å². The Labute approximate surface area is 514 Å². The van der Waals surface area contributed by atoms with Crippen molar-refractivity contribution in [2.24, 2.45) is 0 Å². The van der Waals surface area contributed by atoms with Crippen LogP contribution < -0.4 is 20.7 Å². The zero-order valence-electron chi connectivity index (χ0n) is 49.4. The maximum absolute atomic E-state index is 13.2. The quantitative estimate of drug-likeness (QED) is 0.161. The van der Waals surface area contributed by atoms with Gasteiger partial charge in [-0.1, -0.05) is 180 Å². The average molecular weight is 1150 g/mol. The third kappa shape index (κ3) is 6.49. The monoisotopic (exact) mass is 1150 g/mol. The van der Waals surface area contributed by atoms with Gasteiger partial charge in [-0.3, -0.25) is 4.98 Å². The Hall–Kier alpha value is -11.3. The maximum Gasteiger partial charge on any atom is 0.183 e. The lowest BCUT2D eigenvalue weighted by Crippen LogP contribution is -2.70. The Morgan fingerprint density at radius 3 is 1.09 bits per heavy atom. The van der Waals surface area contributed by atoms with Crippen LogP contribution in [-0.2, 0) is 0 Å². The Bertz CT molecular complexity index is 5760. The maximum atomic E-state index is 13.2. The highest BCUT2D eigenvalue weighted by Gasteiger charge is 2.54. The molecule has 12 aromatic carbocycles. The fraction of sp³-hybridized carbons (Fsp3) is 0.0488. The number of para-hydroxylation sites is 4. The third-order valence-corrected chi connectivity index (χ3v) is 24.8. The predicted octanol–water partition coefficient (Wildman–Crippen LogP) is 17.6. The van der Waals surface area contributed by atoms with E-state index in [0.29, 0.717) is 5.56 Å². The van der Waals surface area contributed by atoms with Gasteiger partial charge >= 0.3 is 0 Å². The molecule has 1 spiro atoms. The number of pyridine rings is 1. The van der Waals surface area contributed by atoms with Crippen molar-refractivity contribution in [3.8, 4) is 62.2 Å². The standard InChI is InChI=1S/C82H54N6Si/c1-48-29-34-70-60(41-48)53-17-5-11-23-66(53)85(70)79-65(46-83)80(86-67-24-12-6-18-54(67)61-42-49(2)30-35-71(61)86)82(88-69-26-14-8-20-56(69)63-44-51(4)32-37-73(63)88)78(81(79)87-68-25-13-7-19-55(68)62-43-50(3)31-36-72(62)87)52-33-38-76-64(45-52)58-22-10-16-28-75(58)89(76)74-27-15-9-21-57(74)59-39-40-84-47-77(59)89/h5-45,47H,1-4H3. The minimum Gasteiger partial charge on any atom is -0.306 e. The summed E-state index contributed by atoms with van der Waals surface area (Å²) in [5.41, 5.74) is 24.0. The van der Waals surface area contributed by atoms with E-state index in [1.165, 1.54) is 65.3 Å². The summed E-state index contributed by atoms with van der Waals surface area (Å²) in [6.07, 6.45) is 4.13. The Morgan fingerprint density at radius 2 is 0.663 bits per heavy atom. The highest BCUT2D eigenvalue weighted by atomic mass is 28.3. The van der Waals surface area contributed by atoms with E-state index in [4.69, 9.17) is 4.98 Å². The molecule has 6 nitrogen and oxygen atoms in total. The molecule has 7 heteroatoms. The van der Waals surface area contributed by atoms with Gasteiger partial charge in [0.2, 0.25) is 0 Å². The summed E-state index contributed by atoms with van der Waals surface area (Å²) >= 11 is 0. The number of hydrogen-bond donors (Lipinski definition) is 0. The molecule has 89 heavy (non-hydrogen) atoms. The van der Waals surface area contributed by atoms with Gasteiger partial charge in [-0.25, -0.2) is 0 Å². The smallest absolute Gasteiger partial charge is 0.183 e. The second-order valence-electron chi connectivity index (χ2n) is 24.8. The van der Waals surface area contributed by atoms with Crippen LogP contribution >= 0.6 is 0 Å². The highest BCUT2D eigenvalue weighted by molar-refractivity contribution is 7.24. The van der Waals surface area contributed by atoms with Crippen LogP contribution in [0.1, 0.15) is 27.8 Å². The lowest BCUT2D eigenvalue weighted by Gasteiger charge is -2.30. The van der Waals surface area contributed by atoms with E-state index < -0.39 is 8.07 Å². The van der Waals surface area contributed by atoms with Crippen molar-refractivity contribution in [1.82, 2.24) is 23.3 Å². The van der Waals surface area contributed by atoms with Crippen LogP contribution in [0.3, 0.4) is 0 Å². The number of hydrogen-bond acceptors (Lipinski definition) is 2. The zero-order valence-corrected chi connectivity index (χ0v) is 50.4. The lowest BCUT2D eigenvalue weighted by atomic mass is 9.91. The van der Waals surface area contributed by atoms with Crippen molar-refractivity contribution in [2.45, 2.75) is 27.7 Å². The molecule has 2 aliphatic heterocycles. The third-order valence-electron chi connectivity index (χ3n) is 19.9. The fourth-order valence-electron chi connectivity index (χ4n) is 16.4. The largest absolute Gasteiger partial charge is 0.306 e. The number of nitrogens with zero attached hydrogens (tertiary/aromatic N) is 6. The first-order chi connectivity index (χ1) is 43.8. The molecular weight excluding hydrogens is 1100 g/mol. The van der Waals surface area contributed by atoms with Gasteiger partial charge in [0.1, 0.15) is 11.6 Å². The van der Waals surface area contributed by atoms with Crippen LogP contribution in [0.25, 0.3) is 143 Å². The first-order valence-corrected chi connectivity index (χ1v) is 32.7. The van der Waals surface area contributed by atoms with E-state index in [0.717, 1.165) is 121 Å². The summed E-state index contributed by atoms with van der Waals surface area (Å²) in [7, 11) is -2.94. The number of aromatic nitrogens is 5. The van der Waals surface area contributed by atoms with Crippen molar-refractivity contribution in [3.05, 3.63) is 283 Å². The van der Waals surface area contributed by atoms with Gasteiger partial charge in [0.15, 0.2) is 8.07 Å². The molecule has 1 unspecified atom stereocenters. The van der Waals surface area contributed by atoms with Crippen LogP contribution in [0.2, 0.25) is 0 Å². The van der Waals surface area contributed by atoms with Crippen molar-refractivity contribution >= 4 is 116 Å². The Morgan fingerprint density at radius 1 is 0.315 bits per heavy atom. The number of benzene rings is 12. The molecule has 5 aromatic heterocycles. The molecule has 0 saturated carbocycles. The van der Waals surface area contributed by atoms with Crippen LogP contribution in [0, 0.1) is 39.0 Å². The van der Waals surface area contributed by atoms with Crippen molar-refractivity contribution in [3.63, 3.8) is 0 Å². The molecule has 2 aliphatic rings. The van der Waals surface area contributed by atoms with Gasteiger partial charge in [0.05, 0.1) is 66.9 Å². The van der Waals surface area contributed by atoms with Crippen LogP contribution in [0.5, 0.6) is 0 Å². The first-order valence-electron chi connectivity index (χ1n) is 30.7. The molecule has 416 valence electrons. The molecule has 0 fully saturated rings. The number of rotatable bonds is 5. The van der Waals surface area contributed by atoms with Crippen LogP contribution in [0.4, 0.5) is 0 Å². The zero-order chi connectivity index (χ0) is 59.1. The molecule has 0 N–H and O–H groups in total. The lowest BCUT2D eigenvalue weighted by molar-refractivity contribution is 1.04. The van der Waals surface area contributed by atoms with Crippen molar-refractivity contribution in [1.29, 1.82) is 5.26 Å². The first kappa shape index (κ1) is 49.9. The number of fused-ring (bicyclic) bond motifs is 22. The van der Waals surface area contributed by atoms with E-state index >= 15 is 0 Å². The Kier molecular flexibility index (Phi) is 10.2. The van der Waals surface area contributed by atoms with Gasteiger partial charge in [0.25, 0.3) is 0 Å². The summed E-state index contributed by atoms with van der Waals surface area (Å²) < 4.78 is 9.94. The summed E-state index contributed by atoms with van der Waals surface area (Å²) in [6, 6.07) is 94.0. The van der Waals surface area contributed by atoms with Gasteiger partial charge in [-0.2, -0.15) is 5.26 Å². The molecule has 0 bridgehead atoms. The second-order valence-corrected chi connectivity index (χ2v) is 28.4. The summed E-state index contributed by atoms with van der Waals surface area (Å²) in [5.74, 6) is 0. The molecule has 19 rings (SSSR count). The number of nitriles is 1. The van der Waals surface area contributed by atoms with Crippen LogP contribution in [0.15, 0.2) is 255 Å². The molecular formula is C82H54N6Si. The summed E-state index contributed by atoms with van der Waals surface area (Å²) in [5, 5.41) is 27.7. The molecule has 17 aromatic rings. The molecule has 0 aliphatic carbocycles. The van der Waals surface area contributed by atoms with Gasteiger partial charge in [-0.15, -0.1) is 0 Å². The van der Waals surface area contributed by atoms with E-state index in [-0.39, 0.29) is 0 Å². The summed E-state index contributed by atoms with van der Waals surface area (Å²) in [4.78, 5) is 4.94. The summed E-state index contributed by atoms with van der Waals surface area (Å²) in [6.45, 7) is 8.74. The average Bonchev–Trinajstić information content (AvgIpc) is 1.65. The van der Waals surface area contributed by atoms with Gasteiger partial charge in [0, 0.05) is 61.0 Å². The van der Waals surface area contributed by atoms with Gasteiger partial charge in [-0.05, 0) is 161 Å². The second kappa shape index (κ2) is 18.1. The normalized spacial score (nSPS) is 14.1. The van der Waals surface area contributed by atoms with Crippen molar-refractivity contribution < 1.29 is 0 Å². The molecule has 0 amide bonds. The van der Waals surface area contributed by atoms with E-state index in [1.54, 1.807) is 0 Å². The molecule has 7 heterocycles. The minimum atomic E-state index is -2.94. The van der Waals surface area contributed by atoms with E-state index in [9.17, 15) is 5.26 Å². The fourth-order valence-corrected chi connectivity index (χ4v) is 21.9.